The Balaban J connectivity index is 3.11. The first-order chi connectivity index (χ1) is 9.04. The summed E-state index contributed by atoms with van der Waals surface area (Å²) >= 11 is 0. The molecule has 0 heterocycles. The van der Waals surface area contributed by atoms with Crippen LogP contribution in [0.15, 0.2) is 12.1 Å². The van der Waals surface area contributed by atoms with Crippen LogP contribution in [0.3, 0.4) is 0 Å². The van der Waals surface area contributed by atoms with Crippen LogP contribution in [0.2, 0.25) is 0 Å². The fraction of sp³-hybridized carbons (Fsp3) is 0.385. The molecule has 0 bridgehead atoms. The number of aliphatic carboxylic acids is 1. The third kappa shape index (κ3) is 3.49. The number of carbonyl (C=O) groups excluding carboxylic acids is 1. The molecule has 0 spiro atoms. The summed E-state index contributed by atoms with van der Waals surface area (Å²) in [5.41, 5.74) is -1.88. The van der Waals surface area contributed by atoms with Gasteiger partial charge in [-0.2, -0.15) is 0 Å². The molecule has 20 heavy (non-hydrogen) atoms. The van der Waals surface area contributed by atoms with E-state index in [4.69, 9.17) is 5.11 Å². The third-order valence-corrected chi connectivity index (χ3v) is 2.62. The van der Waals surface area contributed by atoms with Crippen LogP contribution in [0.1, 0.15) is 31.1 Å². The average Bonchev–Trinajstić information content (AvgIpc) is 2.22. The molecule has 0 aliphatic rings. The molecule has 110 valence electrons. The highest BCUT2D eigenvalue weighted by atomic mass is 19.1. The van der Waals surface area contributed by atoms with Crippen molar-refractivity contribution in [2.24, 2.45) is 5.41 Å². The summed E-state index contributed by atoms with van der Waals surface area (Å²) in [7, 11) is 0. The van der Waals surface area contributed by atoms with Crippen molar-refractivity contribution in [1.29, 1.82) is 0 Å². The van der Waals surface area contributed by atoms with Gasteiger partial charge in [-0.1, -0.05) is 20.8 Å². The summed E-state index contributed by atoms with van der Waals surface area (Å²) < 4.78 is 39.6. The summed E-state index contributed by atoms with van der Waals surface area (Å²) in [4.78, 5) is 22.9. The highest BCUT2D eigenvalue weighted by Gasteiger charge is 2.34. The van der Waals surface area contributed by atoms with E-state index in [1.165, 1.54) is 0 Å². The second-order valence-corrected chi connectivity index (χ2v) is 5.36. The van der Waals surface area contributed by atoms with Crippen molar-refractivity contribution in [2.75, 3.05) is 0 Å². The van der Waals surface area contributed by atoms with Gasteiger partial charge in [0, 0.05) is 12.1 Å². The quantitative estimate of drug-likeness (QED) is 0.897. The average molecular weight is 289 g/mol. The number of carboxylic acids is 1. The van der Waals surface area contributed by atoms with E-state index in [0.29, 0.717) is 12.1 Å². The molecule has 2 N–H and O–H groups in total. The lowest BCUT2D eigenvalue weighted by Crippen LogP contribution is -2.49. The van der Waals surface area contributed by atoms with Gasteiger partial charge in [0.2, 0.25) is 0 Å². The van der Waals surface area contributed by atoms with E-state index in [1.807, 2.05) is 5.32 Å². The normalized spacial score (nSPS) is 12.9. The van der Waals surface area contributed by atoms with Crippen LogP contribution in [0.5, 0.6) is 0 Å². The highest BCUT2D eigenvalue weighted by Crippen LogP contribution is 2.21. The molecule has 1 aromatic rings. The lowest BCUT2D eigenvalue weighted by molar-refractivity contribution is -0.142. The Morgan fingerprint density at radius 3 is 1.95 bits per heavy atom. The molecule has 1 aromatic carbocycles. The second kappa shape index (κ2) is 5.52. The number of rotatable bonds is 3. The molecule has 0 unspecified atom stereocenters. The van der Waals surface area contributed by atoms with Crippen molar-refractivity contribution in [2.45, 2.75) is 26.8 Å². The maximum absolute atomic E-state index is 13.4. The van der Waals surface area contributed by atoms with Crippen LogP contribution >= 0.6 is 0 Å². The molecule has 0 saturated heterocycles. The van der Waals surface area contributed by atoms with Crippen LogP contribution < -0.4 is 5.32 Å². The van der Waals surface area contributed by atoms with Gasteiger partial charge in [-0.3, -0.25) is 4.79 Å². The Morgan fingerprint density at radius 1 is 1.15 bits per heavy atom. The number of halogens is 3. The first kappa shape index (κ1) is 16.0. The number of hydrogen-bond donors (Lipinski definition) is 2. The lowest BCUT2D eigenvalue weighted by Gasteiger charge is -2.27. The molecular formula is C13H14F3NO3. The molecule has 0 radical (unpaired) electrons. The monoisotopic (exact) mass is 289 g/mol. The summed E-state index contributed by atoms with van der Waals surface area (Å²) in [6.07, 6.45) is 0. The fourth-order valence-electron chi connectivity index (χ4n) is 1.61. The van der Waals surface area contributed by atoms with Gasteiger partial charge < -0.3 is 10.4 Å². The first-order valence-electron chi connectivity index (χ1n) is 5.72. The van der Waals surface area contributed by atoms with Crippen molar-refractivity contribution < 1.29 is 27.9 Å². The van der Waals surface area contributed by atoms with Crippen molar-refractivity contribution >= 4 is 11.9 Å². The third-order valence-electron chi connectivity index (χ3n) is 2.62. The number of benzene rings is 1. The van der Waals surface area contributed by atoms with E-state index in [2.05, 4.69) is 0 Å². The molecule has 1 atom stereocenters. The van der Waals surface area contributed by atoms with Gasteiger partial charge in [-0.15, -0.1) is 0 Å². The molecule has 4 nitrogen and oxygen atoms in total. The second-order valence-electron chi connectivity index (χ2n) is 5.36. The van der Waals surface area contributed by atoms with Gasteiger partial charge in [0.05, 0.1) is 0 Å². The minimum atomic E-state index is -1.39. The largest absolute Gasteiger partial charge is 0.480 e. The van der Waals surface area contributed by atoms with E-state index in [1.54, 1.807) is 20.8 Å². The molecule has 7 heteroatoms. The Hall–Kier alpha value is -2.05. The van der Waals surface area contributed by atoms with E-state index in [0.717, 1.165) is 0 Å². The molecule has 1 rings (SSSR count). The SMILES string of the molecule is CC(C)(C)[C@@H](NC(=O)c1c(F)cc(F)cc1F)C(=O)O. The molecule has 0 aliphatic carbocycles. The lowest BCUT2D eigenvalue weighted by atomic mass is 9.86. The van der Waals surface area contributed by atoms with Gasteiger partial charge in [-0.25, -0.2) is 18.0 Å². The molecule has 0 saturated carbocycles. The van der Waals surface area contributed by atoms with E-state index >= 15 is 0 Å². The number of carbonyl (C=O) groups is 2. The summed E-state index contributed by atoms with van der Waals surface area (Å²) in [6, 6.07) is -0.644. The van der Waals surface area contributed by atoms with Crippen LogP contribution in [-0.4, -0.2) is 23.0 Å². The number of hydrogen-bond acceptors (Lipinski definition) is 2. The number of carboxylic acid groups (broad SMARTS) is 1. The zero-order valence-corrected chi connectivity index (χ0v) is 11.1. The summed E-state index contributed by atoms with van der Waals surface area (Å²) in [5.74, 6) is -6.53. The molecule has 0 aromatic heterocycles. The van der Waals surface area contributed by atoms with Gasteiger partial charge >= 0.3 is 5.97 Å². The molecule has 1 amide bonds. The van der Waals surface area contributed by atoms with Crippen molar-refractivity contribution in [1.82, 2.24) is 5.32 Å². The van der Waals surface area contributed by atoms with Crippen LogP contribution in [0, 0.1) is 22.9 Å². The Labute approximate surface area is 113 Å². The summed E-state index contributed by atoms with van der Waals surface area (Å²) in [5, 5.41) is 11.1. The maximum atomic E-state index is 13.4. The van der Waals surface area contributed by atoms with Gasteiger partial charge in [-0.05, 0) is 5.41 Å². The van der Waals surface area contributed by atoms with Crippen LogP contribution in [0.4, 0.5) is 13.2 Å². The smallest absolute Gasteiger partial charge is 0.326 e. The first-order valence-corrected chi connectivity index (χ1v) is 5.72. The van der Waals surface area contributed by atoms with E-state index < -0.39 is 46.3 Å². The van der Waals surface area contributed by atoms with Gasteiger partial charge in [0.1, 0.15) is 29.1 Å². The zero-order chi connectivity index (χ0) is 15.7. The van der Waals surface area contributed by atoms with Gasteiger partial charge in [0.15, 0.2) is 0 Å². The number of amides is 1. The van der Waals surface area contributed by atoms with Crippen molar-refractivity contribution in [3.05, 3.63) is 35.1 Å². The molecular weight excluding hydrogens is 275 g/mol. The van der Waals surface area contributed by atoms with Gasteiger partial charge in [0.25, 0.3) is 5.91 Å². The number of nitrogens with one attached hydrogen (secondary N) is 1. The fourth-order valence-corrected chi connectivity index (χ4v) is 1.61. The molecule has 0 aliphatic heterocycles. The summed E-state index contributed by atoms with van der Waals surface area (Å²) in [6.45, 7) is 4.64. The Bertz CT molecular complexity index is 529. The topological polar surface area (TPSA) is 66.4 Å². The Kier molecular flexibility index (Phi) is 4.42. The van der Waals surface area contributed by atoms with Crippen molar-refractivity contribution in [3.63, 3.8) is 0 Å². The minimum Gasteiger partial charge on any atom is -0.480 e. The van der Waals surface area contributed by atoms with E-state index in [-0.39, 0.29) is 0 Å². The predicted octanol–water partition coefficient (Wildman–Crippen LogP) is 2.33. The van der Waals surface area contributed by atoms with Crippen LogP contribution in [-0.2, 0) is 4.79 Å². The predicted molar refractivity (Wildman–Crippen MR) is 64.7 cm³/mol. The zero-order valence-electron chi connectivity index (χ0n) is 11.1. The maximum Gasteiger partial charge on any atom is 0.326 e. The molecule has 0 fully saturated rings. The highest BCUT2D eigenvalue weighted by molar-refractivity contribution is 5.97. The minimum absolute atomic E-state index is 0.352. The standard InChI is InChI=1S/C13H14F3NO3/c1-13(2,3)10(12(19)20)17-11(18)9-7(15)4-6(14)5-8(9)16/h4-5,10H,1-3H3,(H,17,18)(H,19,20)/t10-/m0/s1. The Morgan fingerprint density at radius 2 is 1.60 bits per heavy atom. The van der Waals surface area contributed by atoms with Crippen molar-refractivity contribution in [3.8, 4) is 0 Å². The van der Waals surface area contributed by atoms with E-state index in [9.17, 15) is 22.8 Å². The van der Waals surface area contributed by atoms with Crippen LogP contribution in [0.25, 0.3) is 0 Å².